The second-order valence-corrected chi connectivity index (χ2v) is 6.82. The fourth-order valence-corrected chi connectivity index (χ4v) is 3.35. The van der Waals surface area contributed by atoms with Crippen molar-refractivity contribution >= 4 is 22.4 Å². The van der Waals surface area contributed by atoms with Crippen molar-refractivity contribution in [2.45, 2.75) is 19.3 Å². The summed E-state index contributed by atoms with van der Waals surface area (Å²) in [6.07, 6.45) is -4.33. The summed E-state index contributed by atoms with van der Waals surface area (Å²) >= 11 is 6.31. The summed E-state index contributed by atoms with van der Waals surface area (Å²) in [5.41, 5.74) is 0.845. The molecular weight excluding hydrogens is 363 g/mol. The molecule has 2 nitrogen and oxygen atoms in total. The highest BCUT2D eigenvalue weighted by Gasteiger charge is 2.30. The smallest absolute Gasteiger partial charge is 0.416 e. The van der Waals surface area contributed by atoms with Gasteiger partial charge in [0.2, 0.25) is 0 Å². The van der Waals surface area contributed by atoms with Crippen LogP contribution in [0.15, 0.2) is 54.6 Å². The third-order valence-corrected chi connectivity index (χ3v) is 4.64. The van der Waals surface area contributed by atoms with Crippen molar-refractivity contribution < 1.29 is 23.2 Å². The van der Waals surface area contributed by atoms with Crippen LogP contribution in [0.5, 0.6) is 5.75 Å². The lowest BCUT2D eigenvalue weighted by molar-refractivity contribution is -0.907. The molecule has 0 bridgehead atoms. The van der Waals surface area contributed by atoms with E-state index < -0.39 is 11.7 Å². The largest absolute Gasteiger partial charge is 0.507 e. The average Bonchev–Trinajstić information content (AvgIpc) is 2.59. The second-order valence-electron chi connectivity index (χ2n) is 6.42. The molecule has 0 heterocycles. The molecule has 3 aromatic carbocycles. The first-order valence-corrected chi connectivity index (χ1v) is 8.50. The maximum absolute atomic E-state index is 12.6. The van der Waals surface area contributed by atoms with Crippen molar-refractivity contribution in [3.8, 4) is 5.75 Å². The number of halogens is 4. The van der Waals surface area contributed by atoms with Crippen LogP contribution in [0.1, 0.15) is 16.7 Å². The van der Waals surface area contributed by atoms with Gasteiger partial charge in [-0.1, -0.05) is 48.0 Å². The molecule has 3 rings (SSSR count). The standard InChI is InChI=1S/C20H17ClF3NO/c1-25(11-13-6-8-15(9-7-13)20(22,23)24)12-14-10-18(21)16-4-2-3-5-17(16)19(14)26/h2-10,26H,11-12H2,1H3/p+1. The van der Waals surface area contributed by atoms with Gasteiger partial charge in [-0.2, -0.15) is 13.2 Å². The average molecular weight is 381 g/mol. The van der Waals surface area contributed by atoms with Crippen LogP contribution in [0.3, 0.4) is 0 Å². The summed E-state index contributed by atoms with van der Waals surface area (Å²) in [5, 5.41) is 12.6. The number of nitrogens with one attached hydrogen (secondary N) is 1. The van der Waals surface area contributed by atoms with Crippen LogP contribution in [0, 0.1) is 0 Å². The van der Waals surface area contributed by atoms with E-state index in [1.165, 1.54) is 12.1 Å². The number of aromatic hydroxyl groups is 1. The normalized spacial score (nSPS) is 13.1. The molecule has 0 aliphatic carbocycles. The van der Waals surface area contributed by atoms with E-state index in [4.69, 9.17) is 11.6 Å². The van der Waals surface area contributed by atoms with E-state index in [0.29, 0.717) is 29.1 Å². The van der Waals surface area contributed by atoms with Gasteiger partial charge >= 0.3 is 6.18 Å². The van der Waals surface area contributed by atoms with E-state index in [2.05, 4.69) is 0 Å². The molecule has 1 atom stereocenters. The minimum Gasteiger partial charge on any atom is -0.507 e. The molecule has 6 heteroatoms. The number of benzene rings is 3. The number of phenols is 1. The predicted molar refractivity (Wildman–Crippen MR) is 96.4 cm³/mol. The highest BCUT2D eigenvalue weighted by molar-refractivity contribution is 6.35. The number of quaternary nitrogens is 1. The van der Waals surface area contributed by atoms with Gasteiger partial charge in [0.25, 0.3) is 0 Å². The van der Waals surface area contributed by atoms with Crippen molar-refractivity contribution in [2.75, 3.05) is 7.05 Å². The zero-order chi connectivity index (χ0) is 18.9. The molecule has 0 fully saturated rings. The van der Waals surface area contributed by atoms with Gasteiger partial charge in [0.05, 0.1) is 18.2 Å². The Labute approximate surface area is 154 Å². The summed E-state index contributed by atoms with van der Waals surface area (Å²) < 4.78 is 37.9. The van der Waals surface area contributed by atoms with Crippen molar-refractivity contribution in [2.24, 2.45) is 0 Å². The SMILES string of the molecule is C[NH+](Cc1ccc(C(F)(F)F)cc1)Cc1cc(Cl)c2ccccc2c1O. The van der Waals surface area contributed by atoms with Crippen molar-refractivity contribution in [3.63, 3.8) is 0 Å². The van der Waals surface area contributed by atoms with Crippen LogP contribution in [-0.2, 0) is 19.3 Å². The summed E-state index contributed by atoms with van der Waals surface area (Å²) in [6, 6.07) is 14.2. The summed E-state index contributed by atoms with van der Waals surface area (Å²) in [7, 11) is 1.92. The molecule has 0 aliphatic heterocycles. The Bertz CT molecular complexity index is 923. The van der Waals surface area contributed by atoms with Gasteiger partial charge in [-0.25, -0.2) is 0 Å². The van der Waals surface area contributed by atoms with Crippen molar-refractivity contribution in [1.82, 2.24) is 0 Å². The molecule has 26 heavy (non-hydrogen) atoms. The van der Waals surface area contributed by atoms with E-state index in [9.17, 15) is 18.3 Å². The number of hydrogen-bond donors (Lipinski definition) is 2. The summed E-state index contributed by atoms with van der Waals surface area (Å²) in [6.45, 7) is 1.03. The van der Waals surface area contributed by atoms with E-state index in [-0.39, 0.29) is 5.75 Å². The van der Waals surface area contributed by atoms with E-state index >= 15 is 0 Å². The first kappa shape index (κ1) is 18.5. The zero-order valence-corrected chi connectivity index (χ0v) is 14.8. The number of hydrogen-bond acceptors (Lipinski definition) is 1. The molecule has 0 aliphatic rings. The Balaban J connectivity index is 1.77. The first-order chi connectivity index (χ1) is 12.3. The molecule has 1 unspecified atom stereocenters. The zero-order valence-electron chi connectivity index (χ0n) is 14.1. The van der Waals surface area contributed by atoms with Gasteiger partial charge in [0.1, 0.15) is 18.8 Å². The van der Waals surface area contributed by atoms with Crippen molar-refractivity contribution in [3.05, 3.63) is 76.3 Å². The van der Waals surface area contributed by atoms with Crippen LogP contribution in [0.2, 0.25) is 5.02 Å². The molecule has 0 saturated carbocycles. The molecular formula is C20H18ClF3NO+. The van der Waals surface area contributed by atoms with Gasteiger partial charge in [-0.3, -0.25) is 0 Å². The van der Waals surface area contributed by atoms with E-state index in [0.717, 1.165) is 28.0 Å². The van der Waals surface area contributed by atoms with Gasteiger partial charge in [0, 0.05) is 21.4 Å². The van der Waals surface area contributed by atoms with Crippen LogP contribution in [0.25, 0.3) is 10.8 Å². The van der Waals surface area contributed by atoms with E-state index in [1.807, 2.05) is 31.3 Å². The maximum Gasteiger partial charge on any atom is 0.416 e. The maximum atomic E-state index is 12.6. The molecule has 0 spiro atoms. The third kappa shape index (κ3) is 3.94. The molecule has 0 amide bonds. The van der Waals surface area contributed by atoms with Gasteiger partial charge in [-0.05, 0) is 18.2 Å². The van der Waals surface area contributed by atoms with Crippen molar-refractivity contribution in [1.29, 1.82) is 0 Å². The van der Waals surface area contributed by atoms with Crippen LogP contribution in [-0.4, -0.2) is 12.2 Å². The lowest BCUT2D eigenvalue weighted by Gasteiger charge is -2.17. The second kappa shape index (κ2) is 7.17. The Morgan fingerprint density at radius 1 is 0.962 bits per heavy atom. The van der Waals surface area contributed by atoms with Gasteiger partial charge < -0.3 is 10.0 Å². The van der Waals surface area contributed by atoms with Gasteiger partial charge in [-0.15, -0.1) is 0 Å². The first-order valence-electron chi connectivity index (χ1n) is 8.12. The molecule has 2 N–H and O–H groups in total. The number of fused-ring (bicyclic) bond motifs is 1. The molecule has 0 saturated heterocycles. The quantitative estimate of drug-likeness (QED) is 0.687. The fourth-order valence-electron chi connectivity index (χ4n) is 3.05. The van der Waals surface area contributed by atoms with Crippen LogP contribution in [0.4, 0.5) is 13.2 Å². The third-order valence-electron chi connectivity index (χ3n) is 4.32. The highest BCUT2D eigenvalue weighted by Crippen LogP contribution is 2.34. The molecule has 0 aromatic heterocycles. The summed E-state index contributed by atoms with van der Waals surface area (Å²) in [4.78, 5) is 1.02. The Morgan fingerprint density at radius 2 is 1.58 bits per heavy atom. The molecule has 3 aromatic rings. The van der Waals surface area contributed by atoms with Crippen LogP contribution < -0.4 is 4.90 Å². The highest BCUT2D eigenvalue weighted by atomic mass is 35.5. The topological polar surface area (TPSA) is 24.7 Å². The minimum atomic E-state index is -4.33. The Kier molecular flexibility index (Phi) is 5.12. The predicted octanol–water partition coefficient (Wildman–Crippen LogP) is 4.43. The molecule has 136 valence electrons. The Hall–Kier alpha value is -2.24. The Morgan fingerprint density at radius 3 is 2.19 bits per heavy atom. The summed E-state index contributed by atoms with van der Waals surface area (Å²) in [5.74, 6) is 0.191. The minimum absolute atomic E-state index is 0.191. The number of alkyl halides is 3. The number of phenolic OH excluding ortho intramolecular Hbond substituents is 1. The monoisotopic (exact) mass is 380 g/mol. The lowest BCUT2D eigenvalue weighted by atomic mass is 10.0. The molecule has 0 radical (unpaired) electrons. The number of rotatable bonds is 4. The van der Waals surface area contributed by atoms with Gasteiger partial charge in [0.15, 0.2) is 0 Å². The van der Waals surface area contributed by atoms with Crippen LogP contribution >= 0.6 is 11.6 Å². The lowest BCUT2D eigenvalue weighted by Crippen LogP contribution is -3.06. The fraction of sp³-hybridized carbons (Fsp3) is 0.200. The van der Waals surface area contributed by atoms with E-state index in [1.54, 1.807) is 6.07 Å².